The van der Waals surface area contributed by atoms with Crippen LogP contribution in [0.2, 0.25) is 0 Å². The normalized spacial score (nSPS) is 24.5. The van der Waals surface area contributed by atoms with Gasteiger partial charge in [0.1, 0.15) is 0 Å². The van der Waals surface area contributed by atoms with Crippen LogP contribution in [0, 0.1) is 17.8 Å². The summed E-state index contributed by atoms with van der Waals surface area (Å²) in [5, 5.41) is 9.05. The Hall–Kier alpha value is -1.87. The summed E-state index contributed by atoms with van der Waals surface area (Å²) in [6.45, 7) is 0.503. The number of hydrogen-bond acceptors (Lipinski definition) is 5. The first-order chi connectivity index (χ1) is 11.2. The molecule has 8 nitrogen and oxygen atoms in total. The standard InChI is InChI=1S/C15H20N2O6S/c1-16(2)24(21,22)13-6-5-12(23-13)14(18)17-7-10(9-3-4-9)11(8-17)15(19)20/h5-6,9-11H,3-4,7-8H2,1-2H3,(H,19,20)/t10-,11+/m1/s1. The Morgan fingerprint density at radius 1 is 1.25 bits per heavy atom. The first-order valence-electron chi connectivity index (χ1n) is 7.76. The molecule has 0 bridgehead atoms. The zero-order valence-corrected chi connectivity index (χ0v) is 14.3. The molecule has 1 aromatic heterocycles. The van der Waals surface area contributed by atoms with E-state index in [1.54, 1.807) is 0 Å². The van der Waals surface area contributed by atoms with Crippen LogP contribution in [0.1, 0.15) is 23.4 Å². The number of nitrogens with zero attached hydrogens (tertiary/aromatic N) is 2. The molecule has 2 heterocycles. The van der Waals surface area contributed by atoms with Crippen molar-refractivity contribution >= 4 is 21.9 Å². The average Bonchev–Trinajstić information content (AvgIpc) is 3.07. The zero-order valence-electron chi connectivity index (χ0n) is 13.5. The van der Waals surface area contributed by atoms with E-state index in [0.717, 1.165) is 17.1 Å². The molecule has 0 spiro atoms. The summed E-state index contributed by atoms with van der Waals surface area (Å²) in [5.74, 6) is -1.68. The molecule has 0 unspecified atom stereocenters. The van der Waals surface area contributed by atoms with Gasteiger partial charge in [-0.15, -0.1) is 0 Å². The molecule has 1 aromatic rings. The third kappa shape index (κ3) is 2.93. The maximum absolute atomic E-state index is 12.5. The van der Waals surface area contributed by atoms with E-state index in [1.807, 2.05) is 0 Å². The molecule has 2 aliphatic rings. The third-order valence-electron chi connectivity index (χ3n) is 4.72. The Balaban J connectivity index is 1.78. The van der Waals surface area contributed by atoms with Crippen molar-refractivity contribution < 1.29 is 27.5 Å². The maximum atomic E-state index is 12.5. The van der Waals surface area contributed by atoms with Gasteiger partial charge in [0.25, 0.3) is 15.9 Å². The molecule has 132 valence electrons. The van der Waals surface area contributed by atoms with Gasteiger partial charge in [-0.3, -0.25) is 9.59 Å². The Kier molecular flexibility index (Phi) is 4.16. The molecule has 1 saturated carbocycles. The van der Waals surface area contributed by atoms with Gasteiger partial charge in [-0.1, -0.05) is 0 Å². The van der Waals surface area contributed by atoms with Gasteiger partial charge < -0.3 is 14.4 Å². The van der Waals surface area contributed by atoms with Crippen LogP contribution < -0.4 is 0 Å². The summed E-state index contributed by atoms with van der Waals surface area (Å²) < 4.78 is 30.2. The van der Waals surface area contributed by atoms with E-state index in [1.165, 1.54) is 31.1 Å². The maximum Gasteiger partial charge on any atom is 0.308 e. The van der Waals surface area contributed by atoms with E-state index in [2.05, 4.69) is 0 Å². The van der Waals surface area contributed by atoms with Crippen molar-refractivity contribution in [3.63, 3.8) is 0 Å². The third-order valence-corrected chi connectivity index (χ3v) is 6.41. The lowest BCUT2D eigenvalue weighted by molar-refractivity contribution is -0.142. The van der Waals surface area contributed by atoms with Crippen LogP contribution in [0.25, 0.3) is 0 Å². The number of rotatable bonds is 5. The fraction of sp³-hybridized carbons (Fsp3) is 0.600. The Morgan fingerprint density at radius 2 is 1.92 bits per heavy atom. The number of carbonyl (C=O) groups excluding carboxylic acids is 1. The highest BCUT2D eigenvalue weighted by Crippen LogP contribution is 2.44. The molecule has 0 radical (unpaired) electrons. The number of hydrogen-bond donors (Lipinski definition) is 1. The topological polar surface area (TPSA) is 108 Å². The second-order valence-electron chi connectivity index (χ2n) is 6.56. The van der Waals surface area contributed by atoms with Crippen molar-refractivity contribution in [1.29, 1.82) is 0 Å². The van der Waals surface area contributed by atoms with Crippen LogP contribution in [-0.2, 0) is 14.8 Å². The van der Waals surface area contributed by atoms with Crippen LogP contribution in [0.5, 0.6) is 0 Å². The van der Waals surface area contributed by atoms with Crippen LogP contribution in [0.4, 0.5) is 0 Å². The highest BCUT2D eigenvalue weighted by molar-refractivity contribution is 7.88. The number of sulfonamides is 1. The van der Waals surface area contributed by atoms with Gasteiger partial charge in [0.15, 0.2) is 5.76 Å². The molecule has 24 heavy (non-hydrogen) atoms. The number of carboxylic acid groups (broad SMARTS) is 1. The van der Waals surface area contributed by atoms with Crippen molar-refractivity contribution in [1.82, 2.24) is 9.21 Å². The van der Waals surface area contributed by atoms with E-state index in [0.29, 0.717) is 12.5 Å². The van der Waals surface area contributed by atoms with Crippen LogP contribution >= 0.6 is 0 Å². The monoisotopic (exact) mass is 356 g/mol. The largest absolute Gasteiger partial charge is 0.481 e. The summed E-state index contributed by atoms with van der Waals surface area (Å²) in [6.07, 6.45) is 2.00. The fourth-order valence-corrected chi connectivity index (χ4v) is 3.96. The molecular formula is C15H20N2O6S. The minimum atomic E-state index is -3.75. The Labute approximate surface area is 140 Å². The lowest BCUT2D eigenvalue weighted by Gasteiger charge is -2.14. The van der Waals surface area contributed by atoms with Crippen LogP contribution in [-0.4, -0.2) is 61.8 Å². The van der Waals surface area contributed by atoms with Gasteiger partial charge in [0.2, 0.25) is 5.09 Å². The zero-order chi connectivity index (χ0) is 17.6. The molecule has 1 aliphatic carbocycles. The highest BCUT2D eigenvalue weighted by atomic mass is 32.2. The smallest absolute Gasteiger partial charge is 0.308 e. The van der Waals surface area contributed by atoms with Gasteiger partial charge in [0.05, 0.1) is 5.92 Å². The minimum Gasteiger partial charge on any atom is -0.481 e. The molecular weight excluding hydrogens is 336 g/mol. The quantitative estimate of drug-likeness (QED) is 0.832. The summed E-state index contributed by atoms with van der Waals surface area (Å²) in [6, 6.07) is 2.56. The second kappa shape index (κ2) is 5.89. The molecule has 0 aromatic carbocycles. The summed E-state index contributed by atoms with van der Waals surface area (Å²) in [7, 11) is -1.00. The van der Waals surface area contributed by atoms with Gasteiger partial charge in [0, 0.05) is 27.2 Å². The Morgan fingerprint density at radius 3 is 2.46 bits per heavy atom. The van der Waals surface area contributed by atoms with E-state index in [-0.39, 0.29) is 23.3 Å². The van der Waals surface area contributed by atoms with E-state index in [4.69, 9.17) is 4.42 Å². The lowest BCUT2D eigenvalue weighted by Crippen LogP contribution is -2.29. The first-order valence-corrected chi connectivity index (χ1v) is 9.20. The van der Waals surface area contributed by atoms with Gasteiger partial charge in [-0.05, 0) is 36.8 Å². The number of aliphatic carboxylic acids is 1. The summed E-state index contributed by atoms with van der Waals surface area (Å²) in [5.41, 5.74) is 0. The average molecular weight is 356 g/mol. The Bertz CT molecular complexity index is 765. The summed E-state index contributed by atoms with van der Waals surface area (Å²) >= 11 is 0. The number of carboxylic acids is 1. The van der Waals surface area contributed by atoms with E-state index in [9.17, 15) is 23.1 Å². The predicted octanol–water partition coefficient (Wildman–Crippen LogP) is 0.713. The lowest BCUT2D eigenvalue weighted by atomic mass is 9.92. The summed E-state index contributed by atoms with van der Waals surface area (Å²) in [4.78, 5) is 25.4. The molecule has 1 aliphatic heterocycles. The van der Waals surface area contributed by atoms with Crippen LogP contribution in [0.3, 0.4) is 0 Å². The fourth-order valence-electron chi connectivity index (χ4n) is 3.17. The van der Waals surface area contributed by atoms with Gasteiger partial charge in [-0.25, -0.2) is 12.7 Å². The SMILES string of the molecule is CN(C)S(=O)(=O)c1ccc(C(=O)N2C[C@H](C(=O)O)[C@@H](C3CC3)C2)o1. The highest BCUT2D eigenvalue weighted by Gasteiger charge is 2.47. The second-order valence-corrected chi connectivity index (χ2v) is 8.65. The number of furan rings is 1. The van der Waals surface area contributed by atoms with Gasteiger partial charge >= 0.3 is 5.97 Å². The van der Waals surface area contributed by atoms with Crippen molar-refractivity contribution in [3.8, 4) is 0 Å². The van der Waals surface area contributed by atoms with Crippen LogP contribution in [0.15, 0.2) is 21.6 Å². The van der Waals surface area contributed by atoms with E-state index >= 15 is 0 Å². The molecule has 3 rings (SSSR count). The van der Waals surface area contributed by atoms with Gasteiger partial charge in [-0.2, -0.15) is 0 Å². The molecule has 1 amide bonds. The number of likely N-dealkylation sites (tertiary alicyclic amines) is 1. The predicted molar refractivity (Wildman–Crippen MR) is 82.8 cm³/mol. The first kappa shape index (κ1) is 17.0. The van der Waals surface area contributed by atoms with Crippen molar-refractivity contribution in [3.05, 3.63) is 17.9 Å². The van der Waals surface area contributed by atoms with Crippen molar-refractivity contribution in [2.75, 3.05) is 27.2 Å². The van der Waals surface area contributed by atoms with Crippen molar-refractivity contribution in [2.45, 2.75) is 17.9 Å². The molecule has 1 N–H and O–H groups in total. The minimum absolute atomic E-state index is 0.0357. The molecule has 9 heteroatoms. The molecule has 2 atom stereocenters. The molecule has 1 saturated heterocycles. The molecule has 2 fully saturated rings. The van der Waals surface area contributed by atoms with Crippen molar-refractivity contribution in [2.24, 2.45) is 17.8 Å². The number of carbonyl (C=O) groups is 2. The number of amides is 1. The van der Waals surface area contributed by atoms with E-state index < -0.39 is 27.8 Å².